The number of aliphatic hydroxyl groups is 1. The highest BCUT2D eigenvalue weighted by Gasteiger charge is 2.32. The molecule has 1 heterocycles. The maximum absolute atomic E-state index is 11.5. The van der Waals surface area contributed by atoms with Crippen LogP contribution in [-0.2, 0) is 10.0 Å². The van der Waals surface area contributed by atoms with Crippen molar-refractivity contribution in [3.63, 3.8) is 0 Å². The van der Waals surface area contributed by atoms with E-state index in [0.717, 1.165) is 0 Å². The van der Waals surface area contributed by atoms with E-state index in [1.807, 2.05) is 0 Å². The van der Waals surface area contributed by atoms with Crippen LogP contribution >= 0.6 is 0 Å². The molecule has 1 atom stereocenters. The molecule has 0 fully saturated rings. The number of benzene rings is 1. The van der Waals surface area contributed by atoms with Crippen molar-refractivity contribution in [1.82, 2.24) is 0 Å². The maximum Gasteiger partial charge on any atom is 0.237 e. The Morgan fingerprint density at radius 2 is 2.07 bits per heavy atom. The van der Waals surface area contributed by atoms with Crippen LogP contribution in [-0.4, -0.2) is 26.3 Å². The lowest BCUT2D eigenvalue weighted by Crippen LogP contribution is -2.36. The lowest BCUT2D eigenvalue weighted by Gasteiger charge is -2.29. The molecule has 0 saturated heterocycles. The number of nitrogens with zero attached hydrogens (tertiary/aromatic N) is 1. The second-order valence-corrected chi connectivity index (χ2v) is 5.37. The van der Waals surface area contributed by atoms with Crippen LogP contribution in [0.1, 0.15) is 11.7 Å². The van der Waals surface area contributed by atoms with E-state index in [1.54, 1.807) is 24.3 Å². The number of fused-ring (bicyclic) bond motifs is 1. The number of rotatable bonds is 0. The van der Waals surface area contributed by atoms with E-state index in [2.05, 4.69) is 0 Å². The van der Waals surface area contributed by atoms with Crippen molar-refractivity contribution in [3.05, 3.63) is 29.8 Å². The standard InChI is InChI=1S/C9H11NO3S/c1-10-8-5-3-2-4-7(8)9(11)6-14(10,12)13/h2-5,9,11H,6H2,1H3. The number of hydrogen-bond donors (Lipinski definition) is 1. The molecule has 4 nitrogen and oxygen atoms in total. The summed E-state index contributed by atoms with van der Waals surface area (Å²) in [6.45, 7) is 0. The first-order chi connectivity index (χ1) is 6.52. The van der Waals surface area contributed by atoms with Crippen LogP contribution in [0.4, 0.5) is 5.69 Å². The molecular formula is C9H11NO3S. The van der Waals surface area contributed by atoms with E-state index >= 15 is 0 Å². The van der Waals surface area contributed by atoms with Gasteiger partial charge in [-0.05, 0) is 6.07 Å². The molecule has 5 heteroatoms. The molecule has 1 aliphatic heterocycles. The third-order valence-corrected chi connectivity index (χ3v) is 4.19. The van der Waals surface area contributed by atoms with Crippen molar-refractivity contribution in [2.45, 2.75) is 6.10 Å². The summed E-state index contributed by atoms with van der Waals surface area (Å²) in [5.74, 6) is -0.236. The number of hydrogen-bond acceptors (Lipinski definition) is 3. The summed E-state index contributed by atoms with van der Waals surface area (Å²) in [6.07, 6.45) is -0.910. The SMILES string of the molecule is CN1c2ccccc2C(O)CS1(=O)=O. The Bertz CT molecular complexity index is 455. The number of anilines is 1. The zero-order chi connectivity index (χ0) is 10.3. The minimum Gasteiger partial charge on any atom is -0.387 e. The van der Waals surface area contributed by atoms with Crippen LogP contribution in [0.15, 0.2) is 24.3 Å². The molecule has 0 saturated carbocycles. The Balaban J connectivity index is 2.63. The van der Waals surface area contributed by atoms with Gasteiger partial charge in [0.1, 0.15) is 0 Å². The second-order valence-electron chi connectivity index (χ2n) is 3.32. The predicted molar refractivity (Wildman–Crippen MR) is 53.6 cm³/mol. The second kappa shape index (κ2) is 2.96. The molecule has 1 unspecified atom stereocenters. The van der Waals surface area contributed by atoms with Crippen molar-refractivity contribution in [2.24, 2.45) is 0 Å². The van der Waals surface area contributed by atoms with Gasteiger partial charge < -0.3 is 5.11 Å². The monoisotopic (exact) mass is 213 g/mol. The van der Waals surface area contributed by atoms with Crippen LogP contribution in [0.5, 0.6) is 0 Å². The van der Waals surface area contributed by atoms with E-state index in [-0.39, 0.29) is 5.75 Å². The highest BCUT2D eigenvalue weighted by atomic mass is 32.2. The molecule has 0 aromatic heterocycles. The smallest absolute Gasteiger partial charge is 0.237 e. The maximum atomic E-state index is 11.5. The van der Waals surface area contributed by atoms with Gasteiger partial charge in [-0.1, -0.05) is 18.2 Å². The third-order valence-electron chi connectivity index (χ3n) is 2.42. The van der Waals surface area contributed by atoms with E-state index < -0.39 is 16.1 Å². The number of sulfonamides is 1. The van der Waals surface area contributed by atoms with Gasteiger partial charge in [-0.3, -0.25) is 4.31 Å². The molecule has 1 aromatic rings. The third kappa shape index (κ3) is 1.29. The summed E-state index contributed by atoms with van der Waals surface area (Å²) >= 11 is 0. The van der Waals surface area contributed by atoms with Gasteiger partial charge in [0.15, 0.2) is 0 Å². The van der Waals surface area contributed by atoms with Gasteiger partial charge in [0.05, 0.1) is 17.5 Å². The lowest BCUT2D eigenvalue weighted by molar-refractivity contribution is 0.200. The molecular weight excluding hydrogens is 202 g/mol. The van der Waals surface area contributed by atoms with Gasteiger partial charge in [-0.2, -0.15) is 0 Å². The zero-order valence-electron chi connectivity index (χ0n) is 7.71. The average molecular weight is 213 g/mol. The quantitative estimate of drug-likeness (QED) is 0.682. The minimum atomic E-state index is -3.34. The highest BCUT2D eigenvalue weighted by molar-refractivity contribution is 7.92. The number of para-hydroxylation sites is 1. The van der Waals surface area contributed by atoms with Gasteiger partial charge >= 0.3 is 0 Å². The fourth-order valence-electron chi connectivity index (χ4n) is 1.61. The van der Waals surface area contributed by atoms with Crippen molar-refractivity contribution < 1.29 is 13.5 Å². The topological polar surface area (TPSA) is 57.6 Å². The fourth-order valence-corrected chi connectivity index (χ4v) is 2.88. The van der Waals surface area contributed by atoms with Crippen LogP contribution in [0, 0.1) is 0 Å². The van der Waals surface area contributed by atoms with Gasteiger partial charge in [0, 0.05) is 12.6 Å². The molecule has 14 heavy (non-hydrogen) atoms. The summed E-state index contributed by atoms with van der Waals surface area (Å²) in [4.78, 5) is 0. The van der Waals surface area contributed by atoms with Gasteiger partial charge in [-0.15, -0.1) is 0 Å². The zero-order valence-corrected chi connectivity index (χ0v) is 8.53. The van der Waals surface area contributed by atoms with E-state index in [1.165, 1.54) is 11.4 Å². The molecule has 2 rings (SSSR count). The van der Waals surface area contributed by atoms with Crippen LogP contribution < -0.4 is 4.31 Å². The van der Waals surface area contributed by atoms with Crippen molar-refractivity contribution in [1.29, 1.82) is 0 Å². The molecule has 1 N–H and O–H groups in total. The summed E-state index contributed by atoms with van der Waals surface area (Å²) in [5, 5.41) is 9.61. The fraction of sp³-hybridized carbons (Fsp3) is 0.333. The van der Waals surface area contributed by atoms with Crippen LogP contribution in [0.3, 0.4) is 0 Å². The first-order valence-corrected chi connectivity index (χ1v) is 5.87. The molecule has 0 bridgehead atoms. The molecule has 76 valence electrons. The normalized spacial score (nSPS) is 24.4. The highest BCUT2D eigenvalue weighted by Crippen LogP contribution is 2.33. The summed E-state index contributed by atoms with van der Waals surface area (Å²) in [6, 6.07) is 6.97. The predicted octanol–water partition coefficient (Wildman–Crippen LogP) is 0.500. The average Bonchev–Trinajstić information content (AvgIpc) is 2.14. The lowest BCUT2D eigenvalue weighted by atomic mass is 10.1. The van der Waals surface area contributed by atoms with Crippen molar-refractivity contribution in [3.8, 4) is 0 Å². The van der Waals surface area contributed by atoms with Crippen LogP contribution in [0.25, 0.3) is 0 Å². The van der Waals surface area contributed by atoms with Gasteiger partial charge in [0.2, 0.25) is 10.0 Å². The first kappa shape index (κ1) is 9.48. The van der Waals surface area contributed by atoms with Gasteiger partial charge in [0.25, 0.3) is 0 Å². The molecule has 1 aliphatic rings. The van der Waals surface area contributed by atoms with E-state index in [0.29, 0.717) is 11.3 Å². The molecule has 0 radical (unpaired) electrons. The largest absolute Gasteiger partial charge is 0.387 e. The molecule has 1 aromatic carbocycles. The Labute approximate surface area is 82.8 Å². The Hall–Kier alpha value is -1.07. The first-order valence-electron chi connectivity index (χ1n) is 4.26. The van der Waals surface area contributed by atoms with Crippen molar-refractivity contribution in [2.75, 3.05) is 17.1 Å². The Kier molecular flexibility index (Phi) is 2.01. The Morgan fingerprint density at radius 3 is 2.79 bits per heavy atom. The molecule has 0 spiro atoms. The number of aliphatic hydroxyl groups excluding tert-OH is 1. The Morgan fingerprint density at radius 1 is 1.43 bits per heavy atom. The van der Waals surface area contributed by atoms with Crippen LogP contribution in [0.2, 0.25) is 0 Å². The van der Waals surface area contributed by atoms with E-state index in [4.69, 9.17) is 0 Å². The minimum absolute atomic E-state index is 0.236. The summed E-state index contributed by atoms with van der Waals surface area (Å²) in [7, 11) is -1.84. The summed E-state index contributed by atoms with van der Waals surface area (Å²) in [5.41, 5.74) is 1.23. The van der Waals surface area contributed by atoms with E-state index in [9.17, 15) is 13.5 Å². The molecule has 0 aliphatic carbocycles. The molecule has 0 amide bonds. The summed E-state index contributed by atoms with van der Waals surface area (Å²) < 4.78 is 24.3. The van der Waals surface area contributed by atoms with Crippen molar-refractivity contribution >= 4 is 15.7 Å². The van der Waals surface area contributed by atoms with Gasteiger partial charge in [-0.25, -0.2) is 8.42 Å².